The summed E-state index contributed by atoms with van der Waals surface area (Å²) in [5.74, 6) is -1.65. The second-order valence-corrected chi connectivity index (χ2v) is 10.5. The van der Waals surface area contributed by atoms with Crippen LogP contribution in [-0.4, -0.2) is 72.9 Å². The zero-order chi connectivity index (χ0) is 30.2. The van der Waals surface area contributed by atoms with Crippen LogP contribution in [0.25, 0.3) is 10.8 Å². The fourth-order valence-electron chi connectivity index (χ4n) is 5.39. The van der Waals surface area contributed by atoms with Gasteiger partial charge in [0.25, 0.3) is 5.91 Å². The Labute approximate surface area is 244 Å². The van der Waals surface area contributed by atoms with Gasteiger partial charge in [-0.25, -0.2) is 4.39 Å². The third-order valence-electron chi connectivity index (χ3n) is 7.65. The minimum Gasteiger partial charge on any atom is -0.370 e. The number of likely N-dealkylation sites (N-methyl/N-ethyl adjacent to an activating group) is 1. The number of hydrogen-bond acceptors (Lipinski definition) is 5. The molecule has 7 N–H and O–H groups in total. The highest BCUT2D eigenvalue weighted by Gasteiger charge is 2.40. The quantitative estimate of drug-likeness (QED) is 0.160. The number of fused-ring (bicyclic) bond motifs is 1. The monoisotopic (exact) mass is 575 g/mol. The second-order valence-electron chi connectivity index (χ2n) is 10.5. The van der Waals surface area contributed by atoms with E-state index in [1.54, 1.807) is 11.9 Å². The molecule has 10 nitrogen and oxygen atoms in total. The number of nitrogens with two attached hydrogens (primary N) is 1. The van der Waals surface area contributed by atoms with Crippen LogP contribution in [-0.2, 0) is 16.0 Å². The van der Waals surface area contributed by atoms with Gasteiger partial charge in [-0.1, -0.05) is 49.4 Å². The van der Waals surface area contributed by atoms with Gasteiger partial charge in [0.15, 0.2) is 5.96 Å². The molecule has 0 spiro atoms. The number of nitrogens with one attached hydrogen (secondary N) is 5. The molecule has 1 saturated heterocycles. The molecule has 3 aromatic carbocycles. The highest BCUT2D eigenvalue weighted by molar-refractivity contribution is 5.94. The molecule has 42 heavy (non-hydrogen) atoms. The van der Waals surface area contributed by atoms with Crippen LogP contribution in [0.2, 0.25) is 0 Å². The van der Waals surface area contributed by atoms with E-state index in [2.05, 4.69) is 21.3 Å². The van der Waals surface area contributed by atoms with Crippen molar-refractivity contribution in [3.63, 3.8) is 0 Å². The van der Waals surface area contributed by atoms with Crippen LogP contribution in [0.3, 0.4) is 0 Å². The van der Waals surface area contributed by atoms with Gasteiger partial charge in [0, 0.05) is 38.2 Å². The van der Waals surface area contributed by atoms with Gasteiger partial charge in [-0.05, 0) is 53.4 Å². The summed E-state index contributed by atoms with van der Waals surface area (Å²) in [6.07, 6.45) is 1.24. The van der Waals surface area contributed by atoms with Crippen molar-refractivity contribution in [3.05, 3.63) is 83.7 Å². The van der Waals surface area contributed by atoms with Crippen molar-refractivity contribution in [1.29, 1.82) is 5.41 Å². The number of benzene rings is 3. The predicted molar refractivity (Wildman–Crippen MR) is 160 cm³/mol. The highest BCUT2D eigenvalue weighted by atomic mass is 19.1. The molecule has 1 unspecified atom stereocenters. The molecular formula is C31H38FN7O3. The van der Waals surface area contributed by atoms with E-state index in [0.29, 0.717) is 24.8 Å². The molecule has 0 bridgehead atoms. The Balaban J connectivity index is 1.59. The predicted octanol–water partition coefficient (Wildman–Crippen LogP) is 1.89. The van der Waals surface area contributed by atoms with Gasteiger partial charge in [0.05, 0.1) is 6.04 Å². The summed E-state index contributed by atoms with van der Waals surface area (Å²) in [4.78, 5) is 41.7. The first-order chi connectivity index (χ1) is 20.2. The average molecular weight is 576 g/mol. The minimum atomic E-state index is -0.821. The molecule has 3 amide bonds. The lowest BCUT2D eigenvalue weighted by Gasteiger charge is -2.34. The van der Waals surface area contributed by atoms with Gasteiger partial charge in [-0.2, -0.15) is 0 Å². The fraction of sp³-hybridized carbons (Fsp3) is 0.355. The van der Waals surface area contributed by atoms with Crippen molar-refractivity contribution in [2.75, 3.05) is 20.1 Å². The molecule has 0 aromatic heterocycles. The fourth-order valence-corrected chi connectivity index (χ4v) is 5.39. The molecule has 0 radical (unpaired) electrons. The number of carbonyl (C=O) groups excluding carboxylic acids is 3. The van der Waals surface area contributed by atoms with E-state index in [9.17, 15) is 18.8 Å². The maximum absolute atomic E-state index is 14.1. The standard InChI is InChI=1S/C31H38FN7O3/c1-3-25(38-31(33)34)27-30(42)39(15-14-24(37-27)18-36-28(40)21-10-12-23(32)13-11-21)26(29(41)35-2)17-19-8-9-20-6-4-5-7-22(20)16-19/h4-13,16,24-27,37H,3,14-15,17-18H2,1-2H3,(H,35,41)(H,36,40)(H4,33,34,38)/t24-,25?,26+,27-/m1/s1. The Hall–Kier alpha value is -4.51. The van der Waals surface area contributed by atoms with E-state index >= 15 is 0 Å². The molecule has 11 heteroatoms. The highest BCUT2D eigenvalue weighted by Crippen LogP contribution is 2.21. The number of rotatable bonds is 10. The van der Waals surface area contributed by atoms with Crippen LogP contribution in [0.4, 0.5) is 4.39 Å². The zero-order valence-corrected chi connectivity index (χ0v) is 23.8. The van der Waals surface area contributed by atoms with Crippen LogP contribution < -0.4 is 27.0 Å². The molecule has 4 atom stereocenters. The number of nitrogens with zero attached hydrogens (tertiary/aromatic N) is 1. The first kappa shape index (κ1) is 30.4. The molecule has 1 aliphatic rings. The van der Waals surface area contributed by atoms with E-state index in [0.717, 1.165) is 16.3 Å². The number of hydrogen-bond donors (Lipinski definition) is 6. The molecular weight excluding hydrogens is 537 g/mol. The van der Waals surface area contributed by atoms with E-state index in [4.69, 9.17) is 11.1 Å². The van der Waals surface area contributed by atoms with Gasteiger partial charge in [-0.15, -0.1) is 0 Å². The summed E-state index contributed by atoms with van der Waals surface area (Å²) in [6.45, 7) is 2.34. The zero-order valence-electron chi connectivity index (χ0n) is 23.8. The third-order valence-corrected chi connectivity index (χ3v) is 7.65. The van der Waals surface area contributed by atoms with Crippen molar-refractivity contribution >= 4 is 34.5 Å². The van der Waals surface area contributed by atoms with Crippen LogP contribution >= 0.6 is 0 Å². The van der Waals surface area contributed by atoms with Gasteiger partial charge in [0.2, 0.25) is 11.8 Å². The lowest BCUT2D eigenvalue weighted by molar-refractivity contribution is -0.141. The van der Waals surface area contributed by atoms with Crippen molar-refractivity contribution in [2.24, 2.45) is 5.73 Å². The van der Waals surface area contributed by atoms with Crippen molar-refractivity contribution in [3.8, 4) is 0 Å². The van der Waals surface area contributed by atoms with Crippen LogP contribution in [0, 0.1) is 11.2 Å². The van der Waals surface area contributed by atoms with Crippen molar-refractivity contribution in [1.82, 2.24) is 26.2 Å². The number of guanidine groups is 1. The molecule has 0 saturated carbocycles. The smallest absolute Gasteiger partial charge is 0.251 e. The van der Waals surface area contributed by atoms with Crippen LogP contribution in [0.5, 0.6) is 0 Å². The number of carbonyl (C=O) groups is 3. The molecule has 1 heterocycles. The molecule has 4 rings (SSSR count). The molecule has 3 aromatic rings. The van der Waals surface area contributed by atoms with Gasteiger partial charge in [-0.3, -0.25) is 25.1 Å². The van der Waals surface area contributed by atoms with E-state index in [-0.39, 0.29) is 42.8 Å². The van der Waals surface area contributed by atoms with Crippen LogP contribution in [0.15, 0.2) is 66.7 Å². The van der Waals surface area contributed by atoms with E-state index in [1.165, 1.54) is 24.3 Å². The Morgan fingerprint density at radius 3 is 2.50 bits per heavy atom. The SMILES string of the molecule is CCC(NC(=N)N)[C@H]1N[C@@H](CNC(=O)c2ccc(F)cc2)CCN([C@@H](Cc2ccc3ccccc3c2)C(=O)NC)C1=O. The Morgan fingerprint density at radius 1 is 1.12 bits per heavy atom. The number of amides is 3. The second kappa shape index (κ2) is 13.9. The molecule has 0 aliphatic carbocycles. The van der Waals surface area contributed by atoms with Crippen molar-refractivity contribution in [2.45, 2.75) is 50.4 Å². The lowest BCUT2D eigenvalue weighted by atomic mass is 9.98. The molecule has 1 fully saturated rings. The first-order valence-corrected chi connectivity index (χ1v) is 14.1. The minimum absolute atomic E-state index is 0.194. The van der Waals surface area contributed by atoms with Crippen LogP contribution in [0.1, 0.15) is 35.7 Å². The summed E-state index contributed by atoms with van der Waals surface area (Å²) in [7, 11) is 1.55. The lowest BCUT2D eigenvalue weighted by Crippen LogP contribution is -2.61. The summed E-state index contributed by atoms with van der Waals surface area (Å²) >= 11 is 0. The maximum atomic E-state index is 14.1. The van der Waals surface area contributed by atoms with Gasteiger partial charge < -0.3 is 26.6 Å². The van der Waals surface area contributed by atoms with Crippen molar-refractivity contribution < 1.29 is 18.8 Å². The summed E-state index contributed by atoms with van der Waals surface area (Å²) < 4.78 is 13.3. The van der Waals surface area contributed by atoms with Gasteiger partial charge >= 0.3 is 0 Å². The normalized spacial score (nSPS) is 18.5. The topological polar surface area (TPSA) is 152 Å². The van der Waals surface area contributed by atoms with E-state index in [1.807, 2.05) is 49.4 Å². The third kappa shape index (κ3) is 7.41. The Morgan fingerprint density at radius 2 is 1.83 bits per heavy atom. The molecule has 1 aliphatic heterocycles. The van der Waals surface area contributed by atoms with Gasteiger partial charge in [0.1, 0.15) is 17.9 Å². The maximum Gasteiger partial charge on any atom is 0.251 e. The average Bonchev–Trinajstić information content (AvgIpc) is 3.15. The Bertz CT molecular complexity index is 1430. The number of halogens is 1. The van der Waals surface area contributed by atoms with E-state index < -0.39 is 23.9 Å². The molecule has 222 valence electrons. The first-order valence-electron chi connectivity index (χ1n) is 14.1. The Kier molecular flexibility index (Phi) is 10.1. The largest absolute Gasteiger partial charge is 0.370 e. The summed E-state index contributed by atoms with van der Waals surface area (Å²) in [5, 5.41) is 21.7. The summed E-state index contributed by atoms with van der Waals surface area (Å²) in [6, 6.07) is 16.7. The summed E-state index contributed by atoms with van der Waals surface area (Å²) in [5.41, 5.74) is 6.89.